The molecule has 0 bridgehead atoms. The minimum absolute atomic E-state index is 0.523. The summed E-state index contributed by atoms with van der Waals surface area (Å²) in [4.78, 5) is 2.36. The molecule has 92 valence electrons. The van der Waals surface area contributed by atoms with E-state index in [9.17, 15) is 0 Å². The van der Waals surface area contributed by atoms with Crippen LogP contribution in [-0.4, -0.2) is 75.5 Å². The van der Waals surface area contributed by atoms with E-state index in [1.165, 1.54) is 13.0 Å². The van der Waals surface area contributed by atoms with Gasteiger partial charge in [0.1, 0.15) is 0 Å². The van der Waals surface area contributed by atoms with Crippen molar-refractivity contribution >= 4 is 0 Å². The number of hydrogen-bond donors (Lipinski definition) is 0. The molecule has 0 N–H and O–H groups in total. The van der Waals surface area contributed by atoms with Crippen molar-refractivity contribution in [2.24, 2.45) is 0 Å². The number of rotatable bonds is 6. The molecule has 0 amide bonds. The summed E-state index contributed by atoms with van der Waals surface area (Å²) in [7, 11) is 13.7. The highest BCUT2D eigenvalue weighted by molar-refractivity contribution is 4.44. The largest absolute Gasteiger partial charge is 0.278 e. The Morgan fingerprint density at radius 1 is 0.933 bits per heavy atom. The molecule has 3 nitrogen and oxygen atoms in total. The van der Waals surface area contributed by atoms with Crippen molar-refractivity contribution in [3.05, 3.63) is 0 Å². The molecule has 15 heavy (non-hydrogen) atoms. The molecule has 0 aliphatic heterocycles. The van der Waals surface area contributed by atoms with Gasteiger partial charge in [0.25, 0.3) is 6.29 Å². The summed E-state index contributed by atoms with van der Waals surface area (Å²) in [6.07, 6.45) is 1.76. The topological polar surface area (TPSA) is 3.24 Å². The van der Waals surface area contributed by atoms with Crippen LogP contribution >= 0.6 is 0 Å². The molecule has 0 saturated heterocycles. The van der Waals surface area contributed by atoms with Gasteiger partial charge in [0.15, 0.2) is 0 Å². The third-order valence-corrected chi connectivity index (χ3v) is 3.33. The average Bonchev–Trinajstić information content (AvgIpc) is 2.01. The van der Waals surface area contributed by atoms with Crippen LogP contribution in [-0.2, 0) is 0 Å². The van der Waals surface area contributed by atoms with Crippen LogP contribution in [0.25, 0.3) is 0 Å². The van der Waals surface area contributed by atoms with Crippen molar-refractivity contribution in [1.82, 2.24) is 4.90 Å². The van der Waals surface area contributed by atoms with E-state index in [-0.39, 0.29) is 0 Å². The summed E-state index contributed by atoms with van der Waals surface area (Å²) in [5.74, 6) is 0. The lowest BCUT2D eigenvalue weighted by atomic mass is 10.3. The minimum Gasteiger partial charge on any atom is -0.265 e. The number of hydrogen-bond acceptors (Lipinski definition) is 1. The second-order valence-corrected chi connectivity index (χ2v) is 5.91. The average molecular weight is 217 g/mol. The van der Waals surface area contributed by atoms with Crippen molar-refractivity contribution in [1.29, 1.82) is 0 Å². The molecule has 3 heteroatoms. The Balaban J connectivity index is 4.96. The van der Waals surface area contributed by atoms with E-state index in [1.54, 1.807) is 0 Å². The van der Waals surface area contributed by atoms with Gasteiger partial charge in [-0.2, -0.15) is 0 Å². The molecule has 0 aliphatic rings. The number of nitrogens with zero attached hydrogens (tertiary/aromatic N) is 3. The summed E-state index contributed by atoms with van der Waals surface area (Å²) in [5.41, 5.74) is 0. The second-order valence-electron chi connectivity index (χ2n) is 5.91. The van der Waals surface area contributed by atoms with Gasteiger partial charge < -0.3 is 0 Å². The van der Waals surface area contributed by atoms with Crippen molar-refractivity contribution in [2.75, 3.05) is 55.4 Å². The molecule has 0 heterocycles. The Morgan fingerprint density at radius 2 is 1.40 bits per heavy atom. The molecule has 0 aromatic rings. The van der Waals surface area contributed by atoms with Crippen LogP contribution in [0.5, 0.6) is 0 Å². The van der Waals surface area contributed by atoms with Crippen molar-refractivity contribution in [3.63, 3.8) is 0 Å². The molecule has 1 unspecified atom stereocenters. The molecule has 0 saturated carbocycles. The van der Waals surface area contributed by atoms with E-state index in [0.29, 0.717) is 6.29 Å². The molecular formula is C12H31N3+2. The predicted octanol–water partition coefficient (Wildman–Crippen LogP) is 1.41. The highest BCUT2D eigenvalue weighted by Gasteiger charge is 2.41. The molecule has 0 radical (unpaired) electrons. The first-order valence-corrected chi connectivity index (χ1v) is 6.00. The van der Waals surface area contributed by atoms with Gasteiger partial charge in [0.2, 0.25) is 0 Å². The Morgan fingerprint density at radius 3 is 1.67 bits per heavy atom. The third kappa shape index (κ3) is 3.74. The fourth-order valence-corrected chi connectivity index (χ4v) is 2.95. The summed E-state index contributed by atoms with van der Waals surface area (Å²) >= 11 is 0. The van der Waals surface area contributed by atoms with E-state index < -0.39 is 0 Å². The quantitative estimate of drug-likeness (QED) is 0.480. The molecule has 0 spiro atoms. The molecule has 0 fully saturated rings. The summed E-state index contributed by atoms with van der Waals surface area (Å²) < 4.78 is 2.10. The fourth-order valence-electron chi connectivity index (χ4n) is 2.95. The SMILES string of the molecule is CCC[N+](C)(C)C(N(C)C)[N+](C)(C)CC. The third-order valence-electron chi connectivity index (χ3n) is 3.33. The lowest BCUT2D eigenvalue weighted by molar-refractivity contribution is -1.12. The van der Waals surface area contributed by atoms with Gasteiger partial charge in [0, 0.05) is 0 Å². The van der Waals surface area contributed by atoms with E-state index >= 15 is 0 Å². The Bertz CT molecular complexity index is 185. The van der Waals surface area contributed by atoms with Crippen LogP contribution in [0, 0.1) is 0 Å². The van der Waals surface area contributed by atoms with Crippen LogP contribution in [0.1, 0.15) is 20.3 Å². The summed E-state index contributed by atoms with van der Waals surface area (Å²) in [5, 5.41) is 0. The van der Waals surface area contributed by atoms with Gasteiger partial charge in [-0.25, -0.2) is 4.90 Å². The molecule has 0 aromatic heterocycles. The highest BCUT2D eigenvalue weighted by atomic mass is 15.6. The van der Waals surface area contributed by atoms with Crippen molar-refractivity contribution < 1.29 is 8.97 Å². The molecular weight excluding hydrogens is 186 g/mol. The molecule has 0 rings (SSSR count). The fraction of sp³-hybridized carbons (Fsp3) is 1.00. The van der Waals surface area contributed by atoms with Crippen molar-refractivity contribution in [3.8, 4) is 0 Å². The van der Waals surface area contributed by atoms with Gasteiger partial charge in [-0.3, -0.25) is 8.97 Å². The lowest BCUT2D eigenvalue weighted by Gasteiger charge is -2.48. The van der Waals surface area contributed by atoms with Crippen LogP contribution < -0.4 is 0 Å². The number of quaternary nitrogens is 2. The second kappa shape index (κ2) is 5.28. The van der Waals surface area contributed by atoms with Gasteiger partial charge in [-0.15, -0.1) is 0 Å². The first kappa shape index (κ1) is 14.9. The maximum atomic E-state index is 2.36. The zero-order chi connectivity index (χ0) is 12.3. The first-order valence-electron chi connectivity index (χ1n) is 6.00. The predicted molar refractivity (Wildman–Crippen MR) is 67.4 cm³/mol. The normalized spacial score (nSPS) is 15.8. The van der Waals surface area contributed by atoms with Crippen LogP contribution in [0.15, 0.2) is 0 Å². The maximum absolute atomic E-state index is 2.36. The van der Waals surface area contributed by atoms with Gasteiger partial charge in [-0.05, 0) is 27.4 Å². The lowest BCUT2D eigenvalue weighted by Crippen LogP contribution is -2.69. The van der Waals surface area contributed by atoms with Crippen LogP contribution in [0.3, 0.4) is 0 Å². The highest BCUT2D eigenvalue weighted by Crippen LogP contribution is 2.19. The van der Waals surface area contributed by atoms with E-state index in [0.717, 1.165) is 15.5 Å². The van der Waals surface area contributed by atoms with Crippen LogP contribution in [0.4, 0.5) is 0 Å². The van der Waals surface area contributed by atoms with Gasteiger partial charge in [0.05, 0.1) is 41.3 Å². The van der Waals surface area contributed by atoms with E-state index in [1.807, 2.05) is 0 Å². The zero-order valence-corrected chi connectivity index (χ0v) is 12.0. The van der Waals surface area contributed by atoms with Gasteiger partial charge in [-0.1, -0.05) is 6.92 Å². The zero-order valence-electron chi connectivity index (χ0n) is 12.0. The van der Waals surface area contributed by atoms with E-state index in [4.69, 9.17) is 0 Å². The maximum Gasteiger partial charge on any atom is 0.278 e. The smallest absolute Gasteiger partial charge is 0.265 e. The Hall–Kier alpha value is -0.120. The molecule has 1 atom stereocenters. The Kier molecular flexibility index (Phi) is 5.24. The monoisotopic (exact) mass is 217 g/mol. The van der Waals surface area contributed by atoms with Crippen LogP contribution in [0.2, 0.25) is 0 Å². The van der Waals surface area contributed by atoms with E-state index in [2.05, 4.69) is 61.0 Å². The standard InChI is InChI=1S/C12H31N3/c1-9-11-15(7,8)12(13(3)4)14(5,6)10-2/h12H,9-11H2,1-8H3/q+2. The molecule has 0 aliphatic carbocycles. The molecule has 0 aromatic carbocycles. The first-order chi connectivity index (χ1) is 6.69. The minimum atomic E-state index is 0.523. The van der Waals surface area contributed by atoms with Gasteiger partial charge >= 0.3 is 0 Å². The summed E-state index contributed by atoms with van der Waals surface area (Å²) in [6, 6.07) is 0. The summed E-state index contributed by atoms with van der Waals surface area (Å²) in [6.45, 7) is 6.92. The Labute approximate surface area is 96.5 Å². The van der Waals surface area contributed by atoms with Crippen molar-refractivity contribution in [2.45, 2.75) is 26.6 Å².